The van der Waals surface area contributed by atoms with Crippen LogP contribution in [0.5, 0.6) is 0 Å². The fourth-order valence-corrected chi connectivity index (χ4v) is 0.562. The first kappa shape index (κ1) is 31.9. The fraction of sp³-hybridized carbons (Fsp3) is 0.882. The lowest BCUT2D eigenvalue weighted by Gasteiger charge is -2.16. The van der Waals surface area contributed by atoms with E-state index in [4.69, 9.17) is 20.3 Å². The average Bonchev–Trinajstić information content (AvgIpc) is 2.49. The van der Waals surface area contributed by atoms with Crippen LogP contribution >= 0.6 is 12.2 Å². The van der Waals surface area contributed by atoms with Crippen LogP contribution in [0.2, 0.25) is 0 Å². The number of thiocarbonyl (C=S) groups is 1. The van der Waals surface area contributed by atoms with E-state index in [-0.39, 0.29) is 24.0 Å². The van der Waals surface area contributed by atoms with Crippen molar-refractivity contribution < 1.29 is 19.4 Å². The average molecular weight is 384 g/mol. The summed E-state index contributed by atoms with van der Waals surface area (Å²) in [4.78, 5) is 9.90. The molecule has 0 rings (SSSR count). The van der Waals surface area contributed by atoms with Gasteiger partial charge in [-0.05, 0) is 67.2 Å². The molecular formula is C17H41N3O4S. The second kappa shape index (κ2) is 19.5. The molecule has 8 heteroatoms. The van der Waals surface area contributed by atoms with Crippen molar-refractivity contribution in [3.8, 4) is 0 Å². The first-order chi connectivity index (χ1) is 11.2. The number of likely N-dealkylation sites (N-methyl/N-ethyl adjacent to an activating group) is 1. The van der Waals surface area contributed by atoms with Crippen LogP contribution in [0.1, 0.15) is 54.9 Å². The number of hydrogen-bond donors (Lipinski definition) is 4. The monoisotopic (exact) mass is 383 g/mol. The Bertz CT molecular complexity index is 299. The summed E-state index contributed by atoms with van der Waals surface area (Å²) in [5.41, 5.74) is 4.75. The summed E-state index contributed by atoms with van der Waals surface area (Å²) in [6.07, 6.45) is 1.79. The fourth-order valence-electron chi connectivity index (χ4n) is 0.562. The van der Waals surface area contributed by atoms with Gasteiger partial charge in [0.1, 0.15) is 13.1 Å². The van der Waals surface area contributed by atoms with Crippen molar-refractivity contribution >= 4 is 23.6 Å². The molecule has 0 aromatic carbocycles. The van der Waals surface area contributed by atoms with E-state index in [1.165, 1.54) is 0 Å². The van der Waals surface area contributed by atoms with Crippen LogP contribution in [0.15, 0.2) is 0 Å². The Morgan fingerprint density at radius 1 is 1.20 bits per heavy atom. The molecule has 0 fully saturated rings. The normalized spacial score (nSPS) is 11.3. The van der Waals surface area contributed by atoms with E-state index in [9.17, 15) is 4.79 Å². The quantitative estimate of drug-likeness (QED) is 0.331. The van der Waals surface area contributed by atoms with Crippen molar-refractivity contribution in [2.24, 2.45) is 5.73 Å². The van der Waals surface area contributed by atoms with Gasteiger partial charge in [0.05, 0.1) is 17.2 Å². The predicted octanol–water partition coefficient (Wildman–Crippen LogP) is 1.82. The van der Waals surface area contributed by atoms with Crippen LogP contribution in [0, 0.1) is 0 Å². The molecule has 0 aliphatic carbocycles. The van der Waals surface area contributed by atoms with Crippen molar-refractivity contribution in [2.45, 2.75) is 72.1 Å². The van der Waals surface area contributed by atoms with E-state index in [0.29, 0.717) is 5.11 Å². The maximum atomic E-state index is 9.90. The minimum Gasteiger partial charge on any atom is -0.379 e. The number of nitrogens with two attached hydrogens (primary N) is 1. The zero-order valence-corrected chi connectivity index (χ0v) is 18.5. The van der Waals surface area contributed by atoms with Gasteiger partial charge in [0.25, 0.3) is 0 Å². The van der Waals surface area contributed by atoms with Crippen LogP contribution in [0.3, 0.4) is 0 Å². The molecule has 0 spiro atoms. The van der Waals surface area contributed by atoms with Crippen molar-refractivity contribution in [3.05, 3.63) is 0 Å². The van der Waals surface area contributed by atoms with Gasteiger partial charge in [-0.2, -0.15) is 0 Å². The van der Waals surface area contributed by atoms with E-state index in [1.807, 2.05) is 48.5 Å². The Morgan fingerprint density at radius 2 is 1.56 bits per heavy atom. The molecule has 1 unspecified atom stereocenters. The first-order valence-corrected chi connectivity index (χ1v) is 8.55. The number of hydrogen-bond acceptors (Lipinski definition) is 6. The van der Waals surface area contributed by atoms with Gasteiger partial charge in [0, 0.05) is 14.2 Å². The smallest absolute Gasteiger partial charge is 0.163 e. The number of aliphatic hydroxyl groups excluding tert-OH is 1. The van der Waals surface area contributed by atoms with E-state index < -0.39 is 0 Å². The third-order valence-corrected chi connectivity index (χ3v) is 2.54. The second-order valence-electron chi connectivity index (χ2n) is 6.76. The van der Waals surface area contributed by atoms with Gasteiger partial charge in [0.2, 0.25) is 0 Å². The number of aldehydes is 1. The topological polar surface area (TPSA) is 106 Å². The molecule has 0 aliphatic rings. The number of ether oxygens (including phenoxy) is 2. The lowest BCUT2D eigenvalue weighted by Crippen LogP contribution is -2.25. The highest BCUT2D eigenvalue weighted by Crippen LogP contribution is 2.04. The molecule has 0 bridgehead atoms. The minimum atomic E-state index is -0.200. The largest absolute Gasteiger partial charge is 0.379 e. The highest BCUT2D eigenvalue weighted by molar-refractivity contribution is 7.80. The van der Waals surface area contributed by atoms with Gasteiger partial charge < -0.3 is 35.7 Å². The molecule has 154 valence electrons. The molecule has 0 aromatic heterocycles. The third-order valence-electron chi connectivity index (χ3n) is 2.33. The lowest BCUT2D eigenvalue weighted by molar-refractivity contribution is -0.109. The Balaban J connectivity index is -0.000000119. The van der Waals surface area contributed by atoms with Crippen molar-refractivity contribution in [1.82, 2.24) is 10.6 Å². The summed E-state index contributed by atoms with van der Waals surface area (Å²) in [5, 5.41) is 13.9. The standard InChI is InChI=1S/C5H11NO.C5H12O2.C5H12O.C2H6N2S/c1-3-5(4-7)6-2;1-5(2,3)7-4-6;1-5(2,3)6-4;1-4-2(3)5/h4-6H,3H2,1-2H3;6H,4H2,1-3H3;1-4H3;1H3,(H3,3,4,5). The second-order valence-corrected chi connectivity index (χ2v) is 7.20. The summed E-state index contributed by atoms with van der Waals surface area (Å²) in [7, 11) is 5.17. The zero-order chi connectivity index (χ0) is 21.1. The van der Waals surface area contributed by atoms with Crippen molar-refractivity contribution in [2.75, 3.05) is 28.0 Å². The molecule has 5 N–H and O–H groups in total. The Kier molecular flexibility index (Phi) is 24.9. The Hall–Kier alpha value is -0.800. The van der Waals surface area contributed by atoms with E-state index in [2.05, 4.69) is 22.9 Å². The van der Waals surface area contributed by atoms with Crippen molar-refractivity contribution in [3.63, 3.8) is 0 Å². The van der Waals surface area contributed by atoms with Gasteiger partial charge in [-0.15, -0.1) is 0 Å². The molecule has 7 nitrogen and oxygen atoms in total. The molecule has 0 aromatic rings. The number of aliphatic hydroxyl groups is 1. The summed E-state index contributed by atoms with van der Waals surface area (Å²) < 4.78 is 9.72. The maximum Gasteiger partial charge on any atom is 0.163 e. The van der Waals surface area contributed by atoms with Gasteiger partial charge in [-0.1, -0.05) is 6.92 Å². The third kappa shape index (κ3) is 51.7. The molecule has 0 saturated carbocycles. The number of carbonyl (C=O) groups excluding carboxylic acids is 1. The number of methoxy groups -OCH3 is 1. The van der Waals surface area contributed by atoms with Gasteiger partial charge >= 0.3 is 0 Å². The molecule has 0 heterocycles. The van der Waals surface area contributed by atoms with Gasteiger partial charge in [0.15, 0.2) is 5.11 Å². The summed E-state index contributed by atoms with van der Waals surface area (Å²) in [5.74, 6) is 0. The molecular weight excluding hydrogens is 342 g/mol. The van der Waals surface area contributed by atoms with Crippen LogP contribution in [0.4, 0.5) is 0 Å². The minimum absolute atomic E-state index is 0.0417. The maximum absolute atomic E-state index is 9.90. The van der Waals surface area contributed by atoms with Crippen LogP contribution in [-0.4, -0.2) is 61.7 Å². The van der Waals surface area contributed by atoms with E-state index in [0.717, 1.165) is 12.7 Å². The van der Waals surface area contributed by atoms with Gasteiger partial charge in [-0.3, -0.25) is 0 Å². The van der Waals surface area contributed by atoms with Gasteiger partial charge in [-0.25, -0.2) is 0 Å². The summed E-state index contributed by atoms with van der Waals surface area (Å²) in [6.45, 7) is 13.5. The predicted molar refractivity (Wildman–Crippen MR) is 110 cm³/mol. The zero-order valence-electron chi connectivity index (χ0n) is 17.7. The number of carbonyl (C=O) groups is 1. The molecule has 1 atom stereocenters. The highest BCUT2D eigenvalue weighted by Gasteiger charge is 2.07. The summed E-state index contributed by atoms with van der Waals surface area (Å²) in [6, 6.07) is 0.0556. The van der Waals surface area contributed by atoms with Crippen LogP contribution in [0.25, 0.3) is 0 Å². The molecule has 0 amide bonds. The summed E-state index contributed by atoms with van der Waals surface area (Å²) >= 11 is 4.36. The van der Waals surface area contributed by atoms with Crippen LogP contribution in [-0.2, 0) is 14.3 Å². The first-order valence-electron chi connectivity index (χ1n) is 8.14. The van der Waals surface area contributed by atoms with E-state index in [1.54, 1.807) is 21.2 Å². The number of rotatable bonds is 4. The van der Waals surface area contributed by atoms with E-state index >= 15 is 0 Å². The molecule has 0 aliphatic heterocycles. The lowest BCUT2D eigenvalue weighted by atomic mass is 10.2. The highest BCUT2D eigenvalue weighted by atomic mass is 32.1. The molecule has 25 heavy (non-hydrogen) atoms. The Morgan fingerprint density at radius 3 is 1.56 bits per heavy atom. The molecule has 0 radical (unpaired) electrons. The SMILES string of the molecule is CC(C)(C)OCO.CCC(C=O)NC.CNC(N)=S.COC(C)(C)C. The molecule has 0 saturated heterocycles. The van der Waals surface area contributed by atoms with Crippen molar-refractivity contribution in [1.29, 1.82) is 0 Å². The van der Waals surface area contributed by atoms with Crippen LogP contribution < -0.4 is 16.4 Å². The number of nitrogens with one attached hydrogen (secondary N) is 2. The Labute approximate surface area is 160 Å².